The molecule has 13 heavy (non-hydrogen) atoms. The molecule has 0 aromatic carbocycles. The van der Waals surface area contributed by atoms with Crippen molar-refractivity contribution in [3.8, 4) is 0 Å². The topological polar surface area (TPSA) is 23.6 Å². The molecule has 0 saturated heterocycles. The van der Waals surface area contributed by atoms with Crippen LogP contribution >= 0.6 is 0 Å². The van der Waals surface area contributed by atoms with E-state index in [4.69, 9.17) is 0 Å². The summed E-state index contributed by atoms with van der Waals surface area (Å²) < 4.78 is 0. The summed E-state index contributed by atoms with van der Waals surface area (Å²) in [6.07, 6.45) is 1.10. The van der Waals surface area contributed by atoms with E-state index in [2.05, 4.69) is 11.8 Å². The summed E-state index contributed by atoms with van der Waals surface area (Å²) in [7, 11) is 1.99. The molecule has 0 aliphatic heterocycles. The van der Waals surface area contributed by atoms with Gasteiger partial charge in [-0.15, -0.1) is 0 Å². The Morgan fingerprint density at radius 3 is 2.08 bits per heavy atom. The normalized spacial score (nSPS) is 10.5. The Balaban J connectivity index is 3.83. The summed E-state index contributed by atoms with van der Waals surface area (Å²) in [5.41, 5.74) is 0. The fourth-order valence-electron chi connectivity index (χ4n) is 1.37. The molecule has 78 valence electrons. The highest BCUT2D eigenvalue weighted by Gasteiger charge is 2.10. The van der Waals surface area contributed by atoms with Crippen LogP contribution in [0.3, 0.4) is 0 Å². The minimum absolute atomic E-state index is 0.237. The molecule has 0 spiro atoms. The van der Waals surface area contributed by atoms with Crippen molar-refractivity contribution in [2.24, 2.45) is 0 Å². The maximum atomic E-state index is 11.6. The molecule has 3 heteroatoms. The van der Waals surface area contributed by atoms with Gasteiger partial charge in [0.2, 0.25) is 5.91 Å². The van der Waals surface area contributed by atoms with Crippen LogP contribution in [0, 0.1) is 0 Å². The van der Waals surface area contributed by atoms with Crippen LogP contribution in [0.5, 0.6) is 0 Å². The smallest absolute Gasteiger partial charge is 0.236 e. The van der Waals surface area contributed by atoms with Gasteiger partial charge < -0.3 is 4.90 Å². The Bertz CT molecular complexity index is 144. The van der Waals surface area contributed by atoms with Gasteiger partial charge in [0, 0.05) is 13.1 Å². The summed E-state index contributed by atoms with van der Waals surface area (Å²) in [5.74, 6) is 0.237. The minimum Gasteiger partial charge on any atom is -0.342 e. The number of hydrogen-bond donors (Lipinski definition) is 0. The van der Waals surface area contributed by atoms with E-state index in [1.54, 1.807) is 0 Å². The van der Waals surface area contributed by atoms with Crippen molar-refractivity contribution in [2.45, 2.75) is 27.2 Å². The van der Waals surface area contributed by atoms with Gasteiger partial charge in [0.25, 0.3) is 0 Å². The Kier molecular flexibility index (Phi) is 6.59. The van der Waals surface area contributed by atoms with E-state index < -0.39 is 0 Å². The SMILES string of the molecule is CCCN(C)CC(=O)N(CC)CC. The largest absolute Gasteiger partial charge is 0.342 e. The van der Waals surface area contributed by atoms with Crippen LogP contribution in [0.4, 0.5) is 0 Å². The lowest BCUT2D eigenvalue weighted by Gasteiger charge is -2.22. The molecule has 0 aromatic heterocycles. The van der Waals surface area contributed by atoms with Crippen molar-refractivity contribution in [2.75, 3.05) is 33.2 Å². The van der Waals surface area contributed by atoms with E-state index in [0.29, 0.717) is 6.54 Å². The number of amides is 1. The number of carbonyl (C=O) groups is 1. The summed E-state index contributed by atoms with van der Waals surface area (Å²) in [6.45, 7) is 9.33. The number of carbonyl (C=O) groups excluding carboxylic acids is 1. The van der Waals surface area contributed by atoms with Crippen LogP contribution in [0.2, 0.25) is 0 Å². The minimum atomic E-state index is 0.237. The van der Waals surface area contributed by atoms with Crippen molar-refractivity contribution in [1.29, 1.82) is 0 Å². The highest BCUT2D eigenvalue weighted by Crippen LogP contribution is 1.92. The first-order valence-corrected chi connectivity index (χ1v) is 5.11. The predicted molar refractivity (Wildman–Crippen MR) is 55.7 cm³/mol. The van der Waals surface area contributed by atoms with Gasteiger partial charge in [-0.2, -0.15) is 0 Å². The highest BCUT2D eigenvalue weighted by molar-refractivity contribution is 5.78. The Labute approximate surface area is 81.7 Å². The molecule has 0 radical (unpaired) electrons. The van der Waals surface area contributed by atoms with Crippen LogP contribution in [0.1, 0.15) is 27.2 Å². The third-order valence-electron chi connectivity index (χ3n) is 2.13. The number of hydrogen-bond acceptors (Lipinski definition) is 2. The van der Waals surface area contributed by atoms with Crippen molar-refractivity contribution in [3.05, 3.63) is 0 Å². The van der Waals surface area contributed by atoms with Crippen LogP contribution in [0.25, 0.3) is 0 Å². The molecule has 0 N–H and O–H groups in total. The van der Waals surface area contributed by atoms with Gasteiger partial charge in [0.1, 0.15) is 0 Å². The molecule has 0 heterocycles. The second-order valence-corrected chi connectivity index (χ2v) is 3.30. The molecule has 0 unspecified atom stereocenters. The van der Waals surface area contributed by atoms with Gasteiger partial charge in [0.15, 0.2) is 0 Å². The Hall–Kier alpha value is -0.570. The van der Waals surface area contributed by atoms with E-state index >= 15 is 0 Å². The molecule has 0 rings (SSSR count). The summed E-state index contributed by atoms with van der Waals surface area (Å²) in [6, 6.07) is 0. The van der Waals surface area contributed by atoms with Crippen molar-refractivity contribution >= 4 is 5.91 Å². The van der Waals surface area contributed by atoms with E-state index in [-0.39, 0.29) is 5.91 Å². The number of nitrogens with zero attached hydrogens (tertiary/aromatic N) is 2. The molecule has 3 nitrogen and oxygen atoms in total. The molecule has 0 bridgehead atoms. The molecule has 0 saturated carbocycles. The molecule has 1 amide bonds. The van der Waals surface area contributed by atoms with E-state index in [1.165, 1.54) is 0 Å². The van der Waals surface area contributed by atoms with E-state index in [0.717, 1.165) is 26.1 Å². The molecule has 0 aliphatic rings. The number of likely N-dealkylation sites (N-methyl/N-ethyl adjacent to an activating group) is 2. The predicted octanol–water partition coefficient (Wildman–Crippen LogP) is 1.20. The lowest BCUT2D eigenvalue weighted by Crippen LogP contribution is -2.38. The quantitative estimate of drug-likeness (QED) is 0.622. The first-order chi connectivity index (χ1) is 6.15. The van der Waals surface area contributed by atoms with Gasteiger partial charge in [-0.1, -0.05) is 6.92 Å². The summed E-state index contributed by atoms with van der Waals surface area (Å²) in [5, 5.41) is 0. The van der Waals surface area contributed by atoms with Gasteiger partial charge in [0.05, 0.1) is 6.54 Å². The zero-order valence-electron chi connectivity index (χ0n) is 9.34. The monoisotopic (exact) mass is 186 g/mol. The van der Waals surface area contributed by atoms with E-state index in [9.17, 15) is 4.79 Å². The highest BCUT2D eigenvalue weighted by atomic mass is 16.2. The lowest BCUT2D eigenvalue weighted by atomic mass is 10.4. The zero-order chi connectivity index (χ0) is 10.3. The van der Waals surface area contributed by atoms with Crippen LogP contribution < -0.4 is 0 Å². The lowest BCUT2D eigenvalue weighted by molar-refractivity contribution is -0.131. The molecular weight excluding hydrogens is 164 g/mol. The standard InChI is InChI=1S/C10H22N2O/c1-5-8-11(4)9-10(13)12(6-2)7-3/h5-9H2,1-4H3. The fourth-order valence-corrected chi connectivity index (χ4v) is 1.37. The third kappa shape index (κ3) is 4.88. The maximum absolute atomic E-state index is 11.6. The summed E-state index contributed by atoms with van der Waals surface area (Å²) in [4.78, 5) is 15.5. The average Bonchev–Trinajstić information content (AvgIpc) is 2.06. The summed E-state index contributed by atoms with van der Waals surface area (Å²) >= 11 is 0. The molecule has 0 aliphatic carbocycles. The Morgan fingerprint density at radius 1 is 1.15 bits per heavy atom. The maximum Gasteiger partial charge on any atom is 0.236 e. The van der Waals surface area contributed by atoms with E-state index in [1.807, 2.05) is 25.8 Å². The Morgan fingerprint density at radius 2 is 1.69 bits per heavy atom. The van der Waals surface area contributed by atoms with Gasteiger partial charge >= 0.3 is 0 Å². The molecule has 0 fully saturated rings. The average molecular weight is 186 g/mol. The fraction of sp³-hybridized carbons (Fsp3) is 0.900. The second-order valence-electron chi connectivity index (χ2n) is 3.30. The first-order valence-electron chi connectivity index (χ1n) is 5.11. The van der Waals surface area contributed by atoms with Crippen molar-refractivity contribution in [3.63, 3.8) is 0 Å². The van der Waals surface area contributed by atoms with Gasteiger partial charge in [-0.25, -0.2) is 0 Å². The van der Waals surface area contributed by atoms with Gasteiger partial charge in [-0.05, 0) is 33.9 Å². The molecule has 0 aromatic rings. The second kappa shape index (κ2) is 6.89. The van der Waals surface area contributed by atoms with Crippen LogP contribution in [-0.4, -0.2) is 48.9 Å². The first kappa shape index (κ1) is 12.4. The van der Waals surface area contributed by atoms with Crippen LogP contribution in [-0.2, 0) is 4.79 Å². The molecular formula is C10H22N2O. The zero-order valence-corrected chi connectivity index (χ0v) is 9.34. The third-order valence-corrected chi connectivity index (χ3v) is 2.13. The molecule has 0 atom stereocenters. The van der Waals surface area contributed by atoms with Crippen molar-refractivity contribution < 1.29 is 4.79 Å². The number of rotatable bonds is 6. The van der Waals surface area contributed by atoms with Crippen LogP contribution in [0.15, 0.2) is 0 Å². The van der Waals surface area contributed by atoms with Crippen molar-refractivity contribution in [1.82, 2.24) is 9.80 Å². The van der Waals surface area contributed by atoms with Gasteiger partial charge in [-0.3, -0.25) is 9.69 Å².